The van der Waals surface area contributed by atoms with Gasteiger partial charge in [-0.25, -0.2) is 15.0 Å². The Morgan fingerprint density at radius 2 is 0.734 bits per heavy atom. The van der Waals surface area contributed by atoms with Crippen molar-refractivity contribution in [2.75, 3.05) is 0 Å². The minimum absolute atomic E-state index is 0.00119. The first-order valence-electron chi connectivity index (χ1n) is 19.5. The third-order valence-corrected chi connectivity index (χ3v) is 13.1. The Kier molecular flexibility index (Phi) is 10.3. The predicted octanol–water partition coefficient (Wildman–Crippen LogP) is -4.41. The van der Waals surface area contributed by atoms with Gasteiger partial charge in [-0.15, -0.1) is 38.7 Å². The first kappa shape index (κ1) is 42.4. The van der Waals surface area contributed by atoms with Gasteiger partial charge < -0.3 is 4.42 Å². The van der Waals surface area contributed by atoms with E-state index >= 15 is 0 Å². The quantitative estimate of drug-likeness (QED) is 0.166. The van der Waals surface area contributed by atoms with Gasteiger partial charge in [0.1, 0.15) is 121 Å². The average molecular weight is 795 g/mol. The zero-order chi connectivity index (χ0) is 45.2. The Hall–Kier alpha value is -5.52. The number of fused-ring (bicyclic) bond motifs is 6. The van der Waals surface area contributed by atoms with Gasteiger partial charge in [-0.2, -0.15) is 0 Å². The largest absolute Gasteiger partial charge is 0.457 e. The average Bonchev–Trinajstić information content (AvgIpc) is 3.92. The Balaban J connectivity index is 1.31. The lowest BCUT2D eigenvalue weighted by atomic mass is 9.64. The first-order valence-corrected chi connectivity index (χ1v) is 20.3. The van der Waals surface area contributed by atoms with Crippen LogP contribution in [0.25, 0.3) is 98.5 Å². The van der Waals surface area contributed by atoms with E-state index in [1.54, 1.807) is 0 Å². The molecule has 10 rings (SSSR count). The topological polar surface area (TPSA) is 51.8 Å². The van der Waals surface area contributed by atoms with Gasteiger partial charge in [-0.3, -0.25) is 0 Å². The predicted molar refractivity (Wildman–Crippen MR) is 283 cm³/mol. The third kappa shape index (κ3) is 6.20. The maximum absolute atomic E-state index is 7.10. The van der Waals surface area contributed by atoms with E-state index in [2.05, 4.69) is 0 Å². The molecule has 0 aliphatic heterocycles. The van der Waals surface area contributed by atoms with Crippen molar-refractivity contribution in [2.24, 2.45) is 0 Å². The molecule has 0 spiro atoms. The van der Waals surface area contributed by atoms with Crippen molar-refractivity contribution in [3.05, 3.63) is 78.9 Å². The smallest absolute Gasteiger partial charge is 0.164 e. The maximum Gasteiger partial charge on any atom is 0.164 e. The molecule has 0 atom stereocenters. The van der Waals surface area contributed by atoms with Crippen LogP contribution >= 0.6 is 11.3 Å². The summed E-state index contributed by atoms with van der Waals surface area (Å²) in [7, 11) is 92.5. The highest BCUT2D eigenvalue weighted by Gasteiger charge is 2.27. The molecule has 0 fully saturated rings. The summed E-state index contributed by atoms with van der Waals surface area (Å²) < 4.78 is 7.16. The number of furan rings is 1. The summed E-state index contributed by atoms with van der Waals surface area (Å²) in [6.45, 7) is 0. The summed E-state index contributed by atoms with van der Waals surface area (Å²) in [6.07, 6.45) is 0. The Bertz CT molecular complexity index is 3670. The van der Waals surface area contributed by atoms with Gasteiger partial charge in [0, 0.05) is 36.9 Å². The van der Waals surface area contributed by atoms with E-state index in [-0.39, 0.29) is 127 Å². The van der Waals surface area contributed by atoms with Crippen LogP contribution < -0.4 is 76.5 Å². The van der Waals surface area contributed by atoms with Crippen molar-refractivity contribution in [3.8, 4) is 56.4 Å². The van der Waals surface area contributed by atoms with Gasteiger partial charge >= 0.3 is 0 Å². The molecule has 0 amide bonds. The van der Waals surface area contributed by atoms with Gasteiger partial charge in [0.15, 0.2) is 17.5 Å². The molecule has 10 aromatic rings. The minimum atomic E-state index is -0.0154. The van der Waals surface area contributed by atoms with Crippen LogP contribution in [0, 0.1) is 0 Å². The number of benzene rings is 7. The lowest BCUT2D eigenvalue weighted by molar-refractivity contribution is 0.675. The van der Waals surface area contributed by atoms with Gasteiger partial charge in [0.2, 0.25) is 0 Å². The molecule has 19 heteroatoms. The fraction of sp³-hybridized carbons (Fsp3) is 0. The summed E-state index contributed by atoms with van der Waals surface area (Å²) in [5.41, 5.74) is 6.09. The molecular formula is C45H13B14N3OS. The van der Waals surface area contributed by atoms with Gasteiger partial charge in [-0.05, 0) is 33.0 Å². The van der Waals surface area contributed by atoms with E-state index in [0.29, 0.717) is 25.7 Å². The molecule has 28 radical (unpaired) electrons. The number of thiophene rings is 1. The van der Waals surface area contributed by atoms with Crippen molar-refractivity contribution < 1.29 is 4.42 Å². The molecule has 0 saturated carbocycles. The van der Waals surface area contributed by atoms with E-state index in [4.69, 9.17) is 129 Å². The van der Waals surface area contributed by atoms with Crippen LogP contribution in [0.1, 0.15) is 0 Å². The van der Waals surface area contributed by atoms with Crippen molar-refractivity contribution in [3.63, 3.8) is 0 Å². The first-order chi connectivity index (χ1) is 30.6. The number of hydrogen-bond acceptors (Lipinski definition) is 5. The van der Waals surface area contributed by atoms with Gasteiger partial charge in [0.05, 0.1) is 0 Å². The summed E-state index contributed by atoms with van der Waals surface area (Å²) in [6, 6.07) is 25.8. The zero-order valence-corrected chi connectivity index (χ0v) is 34.6. The summed E-state index contributed by atoms with van der Waals surface area (Å²) in [4.78, 5) is 15.2. The van der Waals surface area contributed by atoms with Crippen molar-refractivity contribution in [1.82, 2.24) is 15.0 Å². The molecule has 0 aliphatic rings. The highest BCUT2D eigenvalue weighted by molar-refractivity contribution is 7.28. The third-order valence-electron chi connectivity index (χ3n) is 11.8. The van der Waals surface area contributed by atoms with Crippen molar-refractivity contribution in [1.29, 1.82) is 0 Å². The van der Waals surface area contributed by atoms with Gasteiger partial charge in [-0.1, -0.05) is 128 Å². The second-order valence-electron chi connectivity index (χ2n) is 15.4. The van der Waals surface area contributed by atoms with Crippen molar-refractivity contribution in [2.45, 2.75) is 0 Å². The second kappa shape index (κ2) is 15.6. The normalized spacial score (nSPS) is 11.7. The van der Waals surface area contributed by atoms with E-state index in [9.17, 15) is 0 Å². The molecule has 64 heavy (non-hydrogen) atoms. The minimum Gasteiger partial charge on any atom is -0.457 e. The SMILES string of the molecule is [B]c1c([B])c([B])c2c(oc3c([B])c([B])c(-c4nc(-c5ccccc5-c5ccc(-c6ccccc6)cc5)nc(-c5c([B])c([B])c([B])c6c5sc5c([B])c([B])c([B])c([B])c56)n4)c([B])c32)c1[B]. The number of rotatable bonds is 5. The summed E-state index contributed by atoms with van der Waals surface area (Å²) in [5, 5.41) is 1.42. The van der Waals surface area contributed by atoms with E-state index in [0.717, 1.165) is 22.3 Å². The van der Waals surface area contributed by atoms with E-state index < -0.39 is 0 Å². The molecule has 3 aromatic heterocycles. The molecule has 0 N–H and O–H groups in total. The number of nitrogens with zero attached hydrogens (tertiary/aromatic N) is 3. The van der Waals surface area contributed by atoms with Gasteiger partial charge in [0.25, 0.3) is 0 Å². The number of aromatic nitrogens is 3. The van der Waals surface area contributed by atoms with Crippen LogP contribution in [-0.2, 0) is 0 Å². The standard InChI is InChI=1S/C45H13B14N3OS/c46-25-19-20-26(47)32(53)34(55)37(58)40(20)63-39(19)36(57)29(50)23(25)44-60-43(18-9-5-4-8-17(18)16-12-10-15(11-13-16)14-6-2-1-3-7-14)61-45(62-44)24-30(51)31(52)27(48)21-22-28(49)33(54)35(56)38(59)42(22)64-41(21)24/h1-13H. The lowest BCUT2D eigenvalue weighted by Gasteiger charge is -2.19. The fourth-order valence-electron chi connectivity index (χ4n) is 8.38. The Morgan fingerprint density at radius 3 is 1.38 bits per heavy atom. The van der Waals surface area contributed by atoms with Crippen LogP contribution in [0.3, 0.4) is 0 Å². The molecule has 0 aliphatic carbocycles. The Morgan fingerprint density at radius 1 is 0.312 bits per heavy atom. The highest BCUT2D eigenvalue weighted by atomic mass is 32.1. The molecular weight excluding hydrogens is 782 g/mol. The molecule has 0 saturated heterocycles. The Labute approximate surface area is 392 Å². The summed E-state index contributed by atoms with van der Waals surface area (Å²) in [5.74, 6) is 0.261. The van der Waals surface area contributed by atoms with Crippen LogP contribution in [0.15, 0.2) is 83.3 Å². The monoisotopic (exact) mass is 797 g/mol. The fourth-order valence-corrected chi connectivity index (χ4v) is 9.73. The molecule has 7 aromatic carbocycles. The maximum atomic E-state index is 7.10. The van der Waals surface area contributed by atoms with Crippen LogP contribution in [0.4, 0.5) is 0 Å². The van der Waals surface area contributed by atoms with Crippen LogP contribution in [0.2, 0.25) is 0 Å². The molecule has 4 nitrogen and oxygen atoms in total. The van der Waals surface area contributed by atoms with Crippen LogP contribution in [0.5, 0.6) is 0 Å². The zero-order valence-electron chi connectivity index (χ0n) is 33.7. The van der Waals surface area contributed by atoms with E-state index in [1.807, 2.05) is 78.9 Å². The van der Waals surface area contributed by atoms with Crippen molar-refractivity contribution >= 4 is 240 Å². The summed E-state index contributed by atoms with van der Waals surface area (Å²) >= 11 is 1.22. The molecule has 262 valence electrons. The molecule has 0 bridgehead atoms. The number of hydrogen-bond donors (Lipinski definition) is 0. The molecule has 3 heterocycles. The van der Waals surface area contributed by atoms with E-state index in [1.165, 1.54) is 11.3 Å². The lowest BCUT2D eigenvalue weighted by Crippen LogP contribution is -2.47. The molecule has 0 unspecified atom stereocenters. The second-order valence-corrected chi connectivity index (χ2v) is 16.4. The van der Waals surface area contributed by atoms with Crippen LogP contribution in [-0.4, -0.2) is 125 Å². The highest BCUT2D eigenvalue weighted by Crippen LogP contribution is 2.38.